The number of alkyl halides is 3. The quantitative estimate of drug-likeness (QED) is 0.461. The van der Waals surface area contributed by atoms with Crippen molar-refractivity contribution in [2.24, 2.45) is 0 Å². The van der Waals surface area contributed by atoms with Gasteiger partial charge >= 0.3 is 6.18 Å². The highest BCUT2D eigenvalue weighted by molar-refractivity contribution is 5.94. The second-order valence-electron chi connectivity index (χ2n) is 3.37. The molecule has 0 radical (unpaired) electrons. The minimum absolute atomic E-state index is 0.461. The number of hydrogen-bond donors (Lipinski definition) is 0. The van der Waals surface area contributed by atoms with Crippen molar-refractivity contribution in [3.05, 3.63) is 67.0 Å². The number of ether oxygens (including phenoxy) is 1. The van der Waals surface area contributed by atoms with Crippen molar-refractivity contribution < 1.29 is 22.7 Å². The molecule has 0 saturated heterocycles. The molecule has 0 aliphatic carbocycles. The van der Waals surface area contributed by atoms with Crippen LogP contribution < -0.4 is 4.74 Å². The van der Waals surface area contributed by atoms with E-state index in [9.17, 15) is 18.0 Å². The number of benzene rings is 1. The lowest BCUT2D eigenvalue weighted by atomic mass is 10.3. The first kappa shape index (κ1) is 14.8. The highest BCUT2D eigenvalue weighted by Gasteiger charge is 2.35. The Kier molecular flexibility index (Phi) is 5.60. The summed E-state index contributed by atoms with van der Waals surface area (Å²) in [5.74, 6) is -1.24. The fraction of sp³-hybridized carbons (Fsp3) is 0.0714. The third-order valence-corrected chi connectivity index (χ3v) is 1.89. The summed E-state index contributed by atoms with van der Waals surface area (Å²) in [7, 11) is 0. The van der Waals surface area contributed by atoms with E-state index in [4.69, 9.17) is 4.74 Å². The van der Waals surface area contributed by atoms with Crippen LogP contribution in [-0.4, -0.2) is 12.0 Å². The molecule has 0 N–H and O–H groups in total. The van der Waals surface area contributed by atoms with E-state index in [1.54, 1.807) is 12.1 Å². The molecule has 100 valence electrons. The van der Waals surface area contributed by atoms with Crippen LogP contribution in [-0.2, 0) is 4.79 Å². The van der Waals surface area contributed by atoms with Crippen molar-refractivity contribution in [3.63, 3.8) is 0 Å². The molecule has 0 atom stereocenters. The van der Waals surface area contributed by atoms with Crippen LogP contribution in [0.5, 0.6) is 5.75 Å². The maximum atomic E-state index is 11.8. The summed E-state index contributed by atoms with van der Waals surface area (Å²) in [5, 5.41) is 0. The topological polar surface area (TPSA) is 26.3 Å². The van der Waals surface area contributed by atoms with Crippen LogP contribution in [0.3, 0.4) is 0 Å². The predicted molar refractivity (Wildman–Crippen MR) is 65.6 cm³/mol. The monoisotopic (exact) mass is 268 g/mol. The predicted octanol–water partition coefficient (Wildman–Crippen LogP) is 3.82. The third kappa shape index (κ3) is 6.26. The zero-order chi connectivity index (χ0) is 14.1. The molecule has 0 spiro atoms. The fourth-order valence-corrected chi connectivity index (χ4v) is 1.03. The molecule has 0 saturated carbocycles. The van der Waals surface area contributed by atoms with Crippen LogP contribution in [0.25, 0.3) is 0 Å². The highest BCUT2D eigenvalue weighted by Crippen LogP contribution is 2.16. The largest absolute Gasteiger partial charge is 0.465 e. The Morgan fingerprint density at radius 3 is 2.26 bits per heavy atom. The van der Waals surface area contributed by atoms with Gasteiger partial charge in [-0.2, -0.15) is 13.2 Å². The minimum Gasteiger partial charge on any atom is -0.465 e. The molecule has 0 aliphatic heterocycles. The number of rotatable bonds is 5. The van der Waals surface area contributed by atoms with Crippen LogP contribution in [0.4, 0.5) is 13.2 Å². The Balaban J connectivity index is 2.35. The van der Waals surface area contributed by atoms with Gasteiger partial charge in [-0.25, -0.2) is 0 Å². The molecule has 0 heterocycles. The molecule has 0 fully saturated rings. The molecule has 1 aromatic rings. The second kappa shape index (κ2) is 7.20. The van der Waals surface area contributed by atoms with Gasteiger partial charge in [0.05, 0.1) is 6.26 Å². The Hall–Kier alpha value is -2.30. The molecule has 0 bridgehead atoms. The first-order chi connectivity index (χ1) is 9.00. The Morgan fingerprint density at radius 2 is 1.63 bits per heavy atom. The molecular weight excluding hydrogens is 257 g/mol. The van der Waals surface area contributed by atoms with E-state index in [1.807, 2.05) is 18.2 Å². The van der Waals surface area contributed by atoms with Gasteiger partial charge in [-0.1, -0.05) is 36.4 Å². The SMILES string of the molecule is O=C(/C=C/C=C/C=C/Oc1ccccc1)C(F)(F)F. The summed E-state index contributed by atoms with van der Waals surface area (Å²) >= 11 is 0. The minimum atomic E-state index is -4.82. The van der Waals surface area contributed by atoms with Gasteiger partial charge in [0, 0.05) is 0 Å². The van der Waals surface area contributed by atoms with Crippen molar-refractivity contribution in [1.29, 1.82) is 0 Å². The highest BCUT2D eigenvalue weighted by atomic mass is 19.4. The number of halogens is 3. The van der Waals surface area contributed by atoms with Crippen molar-refractivity contribution in [2.45, 2.75) is 6.18 Å². The van der Waals surface area contributed by atoms with Gasteiger partial charge in [-0.05, 0) is 24.3 Å². The summed E-state index contributed by atoms with van der Waals surface area (Å²) in [6.07, 6.45) is 2.28. The summed E-state index contributed by atoms with van der Waals surface area (Å²) in [6.45, 7) is 0. The maximum absolute atomic E-state index is 11.8. The van der Waals surface area contributed by atoms with Gasteiger partial charge in [0.15, 0.2) is 0 Å². The van der Waals surface area contributed by atoms with Crippen LogP contribution >= 0.6 is 0 Å². The number of hydrogen-bond acceptors (Lipinski definition) is 2. The normalized spacial score (nSPS) is 12.6. The van der Waals surface area contributed by atoms with Crippen molar-refractivity contribution in [1.82, 2.24) is 0 Å². The molecule has 0 amide bonds. The summed E-state index contributed by atoms with van der Waals surface area (Å²) in [5.41, 5.74) is 0. The molecule has 1 rings (SSSR count). The molecule has 19 heavy (non-hydrogen) atoms. The summed E-state index contributed by atoms with van der Waals surface area (Å²) in [4.78, 5) is 10.5. The molecule has 1 aromatic carbocycles. The average molecular weight is 268 g/mol. The Bertz CT molecular complexity index is 485. The number of para-hydroxylation sites is 1. The second-order valence-corrected chi connectivity index (χ2v) is 3.37. The van der Waals surface area contributed by atoms with Crippen LogP contribution in [0, 0.1) is 0 Å². The first-order valence-electron chi connectivity index (χ1n) is 5.33. The lowest BCUT2D eigenvalue weighted by molar-refractivity contribution is -0.165. The average Bonchev–Trinajstić information content (AvgIpc) is 2.37. The van der Waals surface area contributed by atoms with E-state index >= 15 is 0 Å². The van der Waals surface area contributed by atoms with Crippen LogP contribution in [0.2, 0.25) is 0 Å². The molecular formula is C14H11F3O2. The van der Waals surface area contributed by atoms with E-state index in [2.05, 4.69) is 0 Å². The third-order valence-electron chi connectivity index (χ3n) is 1.89. The van der Waals surface area contributed by atoms with Crippen molar-refractivity contribution in [3.8, 4) is 5.75 Å². The summed E-state index contributed by atoms with van der Waals surface area (Å²) < 4.78 is 40.6. The molecule has 0 aromatic heterocycles. The zero-order valence-electron chi connectivity index (χ0n) is 9.80. The smallest absolute Gasteiger partial charge is 0.454 e. The number of carbonyl (C=O) groups is 1. The Morgan fingerprint density at radius 1 is 1.00 bits per heavy atom. The zero-order valence-corrected chi connectivity index (χ0v) is 9.80. The van der Waals surface area contributed by atoms with E-state index in [0.717, 1.165) is 6.08 Å². The van der Waals surface area contributed by atoms with Gasteiger partial charge in [0.2, 0.25) is 0 Å². The number of allylic oxidation sites excluding steroid dienone is 5. The lowest BCUT2D eigenvalue weighted by Crippen LogP contribution is -2.19. The molecule has 0 unspecified atom stereocenters. The van der Waals surface area contributed by atoms with Gasteiger partial charge in [0.25, 0.3) is 5.78 Å². The molecule has 0 aliphatic rings. The van der Waals surface area contributed by atoms with E-state index in [0.29, 0.717) is 11.8 Å². The standard InChI is InChI=1S/C14H11F3O2/c15-14(16,17)13(18)10-6-1-2-7-11-19-12-8-4-3-5-9-12/h1-11H/b2-1+,10-6+,11-7+. The maximum Gasteiger partial charge on any atom is 0.454 e. The van der Waals surface area contributed by atoms with Crippen LogP contribution in [0.15, 0.2) is 67.0 Å². The van der Waals surface area contributed by atoms with Gasteiger partial charge < -0.3 is 4.74 Å². The lowest BCUT2D eigenvalue weighted by Gasteiger charge is -1.97. The van der Waals surface area contributed by atoms with Crippen LogP contribution in [0.1, 0.15) is 0 Å². The van der Waals surface area contributed by atoms with E-state index < -0.39 is 12.0 Å². The number of carbonyl (C=O) groups excluding carboxylic acids is 1. The van der Waals surface area contributed by atoms with Gasteiger partial charge in [0.1, 0.15) is 5.75 Å². The molecule has 5 heteroatoms. The van der Waals surface area contributed by atoms with Gasteiger partial charge in [-0.3, -0.25) is 4.79 Å². The first-order valence-corrected chi connectivity index (χ1v) is 5.33. The molecule has 2 nitrogen and oxygen atoms in total. The summed E-state index contributed by atoms with van der Waals surface area (Å²) in [6, 6.07) is 8.99. The van der Waals surface area contributed by atoms with E-state index in [-0.39, 0.29) is 0 Å². The number of ketones is 1. The van der Waals surface area contributed by atoms with Crippen molar-refractivity contribution in [2.75, 3.05) is 0 Å². The van der Waals surface area contributed by atoms with Crippen molar-refractivity contribution >= 4 is 5.78 Å². The van der Waals surface area contributed by atoms with Gasteiger partial charge in [-0.15, -0.1) is 0 Å². The fourth-order valence-electron chi connectivity index (χ4n) is 1.03. The Labute approximate surface area is 108 Å². The van der Waals surface area contributed by atoms with E-state index in [1.165, 1.54) is 24.5 Å².